The molecule has 0 spiro atoms. The lowest BCUT2D eigenvalue weighted by atomic mass is 10.2. The number of hydrogen-bond donors (Lipinski definition) is 2. The monoisotopic (exact) mass is 273 g/mol. The van der Waals surface area contributed by atoms with Crippen molar-refractivity contribution in [3.05, 3.63) is 52.0 Å². The Bertz CT molecular complexity index is 687. The number of nitro benzene ring substituents is 1. The molecule has 2 aromatic rings. The second kappa shape index (κ2) is 5.31. The maximum absolute atomic E-state index is 11.1. The van der Waals surface area contributed by atoms with Gasteiger partial charge in [0.05, 0.1) is 4.92 Å². The number of nitrogens with two attached hydrogens (primary N) is 1. The molecule has 0 aliphatic carbocycles. The Morgan fingerprint density at radius 3 is 2.75 bits per heavy atom. The average molecular weight is 273 g/mol. The minimum atomic E-state index is -0.533. The van der Waals surface area contributed by atoms with Crippen molar-refractivity contribution in [1.29, 1.82) is 5.41 Å². The van der Waals surface area contributed by atoms with Gasteiger partial charge in [-0.15, -0.1) is 0 Å². The molecule has 0 atom stereocenters. The molecule has 0 amide bonds. The normalized spacial score (nSPS) is 10.1. The van der Waals surface area contributed by atoms with Crippen molar-refractivity contribution in [3.8, 4) is 11.6 Å². The Morgan fingerprint density at radius 1 is 1.40 bits per heavy atom. The van der Waals surface area contributed by atoms with Gasteiger partial charge in [0.2, 0.25) is 11.6 Å². The highest BCUT2D eigenvalue weighted by atomic mass is 16.6. The lowest BCUT2D eigenvalue weighted by Gasteiger charge is -2.09. The van der Waals surface area contributed by atoms with E-state index in [1.807, 2.05) is 0 Å². The fourth-order valence-corrected chi connectivity index (χ4v) is 1.64. The number of nitrogen functional groups attached to an aromatic ring is 1. The first kappa shape index (κ1) is 13.4. The zero-order valence-electron chi connectivity index (χ0n) is 10.5. The summed E-state index contributed by atoms with van der Waals surface area (Å²) in [4.78, 5) is 18.3. The van der Waals surface area contributed by atoms with Gasteiger partial charge in [-0.25, -0.2) is 9.97 Å². The summed E-state index contributed by atoms with van der Waals surface area (Å²) in [7, 11) is 0. The number of ether oxygens (including phenoxy) is 1. The third-order valence-corrected chi connectivity index (χ3v) is 2.51. The van der Waals surface area contributed by atoms with Gasteiger partial charge in [0.1, 0.15) is 5.84 Å². The number of benzene rings is 1. The molecule has 0 aliphatic heterocycles. The number of hydrogen-bond acceptors (Lipinski definition) is 6. The van der Waals surface area contributed by atoms with E-state index in [0.717, 1.165) is 0 Å². The van der Waals surface area contributed by atoms with Crippen molar-refractivity contribution in [2.75, 3.05) is 0 Å². The van der Waals surface area contributed by atoms with Gasteiger partial charge in [-0.05, 0) is 13.0 Å². The van der Waals surface area contributed by atoms with Gasteiger partial charge in [0.15, 0.2) is 5.69 Å². The molecule has 0 saturated heterocycles. The second-order valence-corrected chi connectivity index (χ2v) is 3.90. The molecule has 1 aromatic heterocycles. The minimum Gasteiger partial charge on any atom is -0.430 e. The molecular formula is C12H11N5O3. The zero-order valence-corrected chi connectivity index (χ0v) is 10.5. The predicted octanol–water partition coefficient (Wildman–Crippen LogP) is 1.77. The van der Waals surface area contributed by atoms with Gasteiger partial charge >= 0.3 is 5.69 Å². The highest BCUT2D eigenvalue weighted by molar-refractivity contribution is 5.95. The van der Waals surface area contributed by atoms with Crippen molar-refractivity contribution < 1.29 is 9.66 Å². The standard InChI is InChI=1S/C12H11N5O3/c1-7-3-2-4-8(10(7)17(18)19)20-12-9(11(13)14)15-5-6-16-12/h2-6H,1H3,(H3,13,14). The Labute approximate surface area is 113 Å². The van der Waals surface area contributed by atoms with Crippen LogP contribution in [0.5, 0.6) is 11.6 Å². The number of nitrogens with zero attached hydrogens (tertiary/aromatic N) is 3. The van der Waals surface area contributed by atoms with Crippen LogP contribution < -0.4 is 10.5 Å². The van der Waals surface area contributed by atoms with Crippen LogP contribution in [0.4, 0.5) is 5.69 Å². The Kier molecular flexibility index (Phi) is 3.56. The highest BCUT2D eigenvalue weighted by Crippen LogP contribution is 2.33. The van der Waals surface area contributed by atoms with Gasteiger partial charge in [-0.3, -0.25) is 15.5 Å². The molecule has 8 heteroatoms. The maximum Gasteiger partial charge on any atom is 0.314 e. The number of aromatic nitrogens is 2. The van der Waals surface area contributed by atoms with Crippen molar-refractivity contribution in [2.24, 2.45) is 5.73 Å². The molecule has 0 saturated carbocycles. The van der Waals surface area contributed by atoms with E-state index in [-0.39, 0.29) is 28.8 Å². The van der Waals surface area contributed by atoms with E-state index in [9.17, 15) is 10.1 Å². The fraction of sp³-hybridized carbons (Fsp3) is 0.0833. The van der Waals surface area contributed by atoms with E-state index in [1.165, 1.54) is 18.5 Å². The summed E-state index contributed by atoms with van der Waals surface area (Å²) in [6.07, 6.45) is 2.71. The van der Waals surface area contributed by atoms with Crippen LogP contribution in [0.25, 0.3) is 0 Å². The lowest BCUT2D eigenvalue weighted by Crippen LogP contribution is -2.15. The Morgan fingerprint density at radius 2 is 2.10 bits per heavy atom. The number of rotatable bonds is 4. The van der Waals surface area contributed by atoms with E-state index in [4.69, 9.17) is 15.9 Å². The molecule has 8 nitrogen and oxygen atoms in total. The lowest BCUT2D eigenvalue weighted by molar-refractivity contribution is -0.386. The van der Waals surface area contributed by atoms with Crippen LogP contribution >= 0.6 is 0 Å². The number of para-hydroxylation sites is 1. The first-order valence-electron chi connectivity index (χ1n) is 5.58. The van der Waals surface area contributed by atoms with Crippen LogP contribution in [-0.2, 0) is 0 Å². The van der Waals surface area contributed by atoms with Crippen LogP contribution in [0.1, 0.15) is 11.3 Å². The fourth-order valence-electron chi connectivity index (χ4n) is 1.64. The van der Waals surface area contributed by atoms with E-state index >= 15 is 0 Å². The molecule has 0 unspecified atom stereocenters. The Balaban J connectivity index is 2.49. The summed E-state index contributed by atoms with van der Waals surface area (Å²) >= 11 is 0. The van der Waals surface area contributed by atoms with Gasteiger partial charge in [0.25, 0.3) is 0 Å². The quantitative estimate of drug-likeness (QED) is 0.378. The summed E-state index contributed by atoms with van der Waals surface area (Å²) in [5, 5.41) is 18.5. The van der Waals surface area contributed by atoms with Crippen LogP contribution in [0.3, 0.4) is 0 Å². The second-order valence-electron chi connectivity index (χ2n) is 3.90. The van der Waals surface area contributed by atoms with Crippen molar-refractivity contribution in [3.63, 3.8) is 0 Å². The highest BCUT2D eigenvalue weighted by Gasteiger charge is 2.21. The number of amidine groups is 1. The predicted molar refractivity (Wildman–Crippen MR) is 71.0 cm³/mol. The smallest absolute Gasteiger partial charge is 0.314 e. The topological polar surface area (TPSA) is 128 Å². The summed E-state index contributed by atoms with van der Waals surface area (Å²) in [5.41, 5.74) is 5.69. The largest absolute Gasteiger partial charge is 0.430 e. The molecule has 102 valence electrons. The van der Waals surface area contributed by atoms with Crippen LogP contribution in [0.2, 0.25) is 0 Å². The van der Waals surface area contributed by atoms with Crippen molar-refractivity contribution >= 4 is 11.5 Å². The van der Waals surface area contributed by atoms with E-state index in [1.54, 1.807) is 19.1 Å². The third-order valence-electron chi connectivity index (χ3n) is 2.51. The average Bonchev–Trinajstić information content (AvgIpc) is 2.38. The molecule has 0 fully saturated rings. The van der Waals surface area contributed by atoms with E-state index < -0.39 is 4.92 Å². The van der Waals surface area contributed by atoms with Crippen LogP contribution in [0, 0.1) is 22.4 Å². The number of nitro groups is 1. The molecule has 1 aromatic carbocycles. The summed E-state index contributed by atoms with van der Waals surface area (Å²) in [6, 6.07) is 4.68. The molecule has 20 heavy (non-hydrogen) atoms. The molecule has 3 N–H and O–H groups in total. The minimum absolute atomic E-state index is 0.0259. The summed E-state index contributed by atoms with van der Waals surface area (Å²) < 4.78 is 5.41. The molecule has 1 heterocycles. The van der Waals surface area contributed by atoms with Crippen molar-refractivity contribution in [1.82, 2.24) is 9.97 Å². The molecule has 0 bridgehead atoms. The SMILES string of the molecule is Cc1cccc(Oc2nccnc2C(=N)N)c1[N+](=O)[O-]. The van der Waals surface area contributed by atoms with Gasteiger partial charge in [0, 0.05) is 18.0 Å². The molecule has 0 aliphatic rings. The summed E-state index contributed by atoms with van der Waals surface area (Å²) in [6.45, 7) is 1.60. The van der Waals surface area contributed by atoms with Crippen molar-refractivity contribution in [2.45, 2.75) is 6.92 Å². The third kappa shape index (κ3) is 2.53. The number of nitrogens with one attached hydrogen (secondary N) is 1. The zero-order chi connectivity index (χ0) is 14.7. The molecular weight excluding hydrogens is 262 g/mol. The molecule has 2 rings (SSSR count). The van der Waals surface area contributed by atoms with Crippen LogP contribution in [0.15, 0.2) is 30.6 Å². The van der Waals surface area contributed by atoms with E-state index in [0.29, 0.717) is 5.56 Å². The maximum atomic E-state index is 11.1. The Hall–Kier alpha value is -3.03. The first-order chi connectivity index (χ1) is 9.50. The molecule has 0 radical (unpaired) electrons. The number of aryl methyl sites for hydroxylation is 1. The van der Waals surface area contributed by atoms with E-state index in [2.05, 4.69) is 9.97 Å². The van der Waals surface area contributed by atoms with Gasteiger partial charge in [-0.1, -0.05) is 12.1 Å². The van der Waals surface area contributed by atoms with Crippen LogP contribution in [-0.4, -0.2) is 20.7 Å². The first-order valence-corrected chi connectivity index (χ1v) is 5.58. The van der Waals surface area contributed by atoms with Gasteiger partial charge in [-0.2, -0.15) is 0 Å². The van der Waals surface area contributed by atoms with Gasteiger partial charge < -0.3 is 10.5 Å². The summed E-state index contributed by atoms with van der Waals surface area (Å²) in [5.74, 6) is -0.352.